The minimum Gasteiger partial charge on any atom is -0.497 e. The zero-order valence-electron chi connectivity index (χ0n) is 11.7. The average Bonchev–Trinajstić information content (AvgIpc) is 2.54. The Bertz CT molecular complexity index is 724. The van der Waals surface area contributed by atoms with Crippen LogP contribution in [0.2, 0.25) is 0 Å². The van der Waals surface area contributed by atoms with E-state index < -0.39 is 15.9 Å². The van der Waals surface area contributed by atoms with E-state index in [1.54, 1.807) is 30.3 Å². The zero-order chi connectivity index (χ0) is 15.5. The fourth-order valence-electron chi connectivity index (χ4n) is 1.78. The molecule has 0 aliphatic heterocycles. The molecule has 0 radical (unpaired) electrons. The lowest BCUT2D eigenvalue weighted by Gasteiger charge is -2.17. The summed E-state index contributed by atoms with van der Waals surface area (Å²) in [4.78, 5) is 12.2. The maximum atomic E-state index is 12.4. The number of sulfonamides is 1. The lowest BCUT2D eigenvalue weighted by Crippen LogP contribution is -2.33. The third-order valence-electron chi connectivity index (χ3n) is 3.02. The van der Waals surface area contributed by atoms with E-state index >= 15 is 0 Å². The normalized spacial score (nSPS) is 11.0. The molecule has 21 heavy (non-hydrogen) atoms. The van der Waals surface area contributed by atoms with Crippen LogP contribution < -0.4 is 4.74 Å². The van der Waals surface area contributed by atoms with Crippen molar-refractivity contribution in [1.29, 1.82) is 0 Å². The van der Waals surface area contributed by atoms with Gasteiger partial charge in [0.25, 0.3) is 15.9 Å². The molecule has 0 spiro atoms. The standard InChI is InChI=1S/C15H15NO4S/c1-16(15(17)12-6-4-3-5-7-12)21(18,19)14-10-8-13(20-2)9-11-14/h3-11H,1-2H3. The molecule has 0 aromatic heterocycles. The second-order valence-corrected chi connectivity index (χ2v) is 6.29. The molecule has 0 aliphatic rings. The Morgan fingerprint density at radius 3 is 2.10 bits per heavy atom. The molecule has 6 heteroatoms. The zero-order valence-corrected chi connectivity index (χ0v) is 12.5. The Labute approximate surface area is 123 Å². The van der Waals surface area contributed by atoms with E-state index in [4.69, 9.17) is 4.74 Å². The molecule has 0 bridgehead atoms. The van der Waals surface area contributed by atoms with Gasteiger partial charge in [0.1, 0.15) is 5.75 Å². The largest absolute Gasteiger partial charge is 0.497 e. The van der Waals surface area contributed by atoms with Crippen LogP contribution in [0.15, 0.2) is 59.5 Å². The van der Waals surface area contributed by atoms with Crippen LogP contribution in [0, 0.1) is 0 Å². The number of carbonyl (C=O) groups excluding carboxylic acids is 1. The van der Waals surface area contributed by atoms with Crippen LogP contribution >= 0.6 is 0 Å². The van der Waals surface area contributed by atoms with Crippen LogP contribution in [-0.4, -0.2) is 32.8 Å². The minimum absolute atomic E-state index is 0.0371. The highest BCUT2D eigenvalue weighted by Gasteiger charge is 2.26. The van der Waals surface area contributed by atoms with E-state index in [1.165, 1.54) is 38.4 Å². The number of rotatable bonds is 4. The monoisotopic (exact) mass is 305 g/mol. The summed E-state index contributed by atoms with van der Waals surface area (Å²) >= 11 is 0. The van der Waals surface area contributed by atoms with E-state index in [0.29, 0.717) is 11.3 Å². The van der Waals surface area contributed by atoms with Gasteiger partial charge < -0.3 is 4.74 Å². The Kier molecular flexibility index (Phi) is 4.28. The van der Waals surface area contributed by atoms with Crippen LogP contribution in [-0.2, 0) is 10.0 Å². The lowest BCUT2D eigenvalue weighted by atomic mass is 10.2. The molecule has 0 saturated heterocycles. The fraction of sp³-hybridized carbons (Fsp3) is 0.133. The summed E-state index contributed by atoms with van der Waals surface area (Å²) in [6, 6.07) is 14.1. The van der Waals surface area contributed by atoms with Crippen molar-refractivity contribution in [2.45, 2.75) is 4.90 Å². The smallest absolute Gasteiger partial charge is 0.267 e. The van der Waals surface area contributed by atoms with Crippen molar-refractivity contribution in [2.24, 2.45) is 0 Å². The summed E-state index contributed by atoms with van der Waals surface area (Å²) in [6.45, 7) is 0. The molecule has 5 nitrogen and oxygen atoms in total. The quantitative estimate of drug-likeness (QED) is 0.868. The van der Waals surface area contributed by atoms with Gasteiger partial charge in [0, 0.05) is 12.6 Å². The van der Waals surface area contributed by atoms with Gasteiger partial charge >= 0.3 is 0 Å². The molecule has 0 unspecified atom stereocenters. The van der Waals surface area contributed by atoms with Crippen molar-refractivity contribution in [3.8, 4) is 5.75 Å². The molecule has 0 atom stereocenters. The SMILES string of the molecule is COc1ccc(S(=O)(=O)N(C)C(=O)c2ccccc2)cc1. The number of amides is 1. The number of benzene rings is 2. The first kappa shape index (κ1) is 15.1. The van der Waals surface area contributed by atoms with Crippen LogP contribution in [0.1, 0.15) is 10.4 Å². The topological polar surface area (TPSA) is 63.7 Å². The van der Waals surface area contributed by atoms with Crippen molar-refractivity contribution < 1.29 is 17.9 Å². The van der Waals surface area contributed by atoms with Gasteiger partial charge in [0.05, 0.1) is 12.0 Å². The summed E-state index contributed by atoms with van der Waals surface area (Å²) in [5, 5.41) is 0. The number of nitrogens with zero attached hydrogens (tertiary/aromatic N) is 1. The summed E-state index contributed by atoms with van der Waals surface area (Å²) in [6.07, 6.45) is 0. The van der Waals surface area contributed by atoms with Gasteiger partial charge in [-0.1, -0.05) is 18.2 Å². The van der Waals surface area contributed by atoms with Gasteiger partial charge in [0.15, 0.2) is 0 Å². The van der Waals surface area contributed by atoms with Crippen molar-refractivity contribution in [3.63, 3.8) is 0 Å². The van der Waals surface area contributed by atoms with Crippen molar-refractivity contribution in [2.75, 3.05) is 14.2 Å². The third kappa shape index (κ3) is 3.05. The van der Waals surface area contributed by atoms with E-state index in [0.717, 1.165) is 4.31 Å². The molecule has 0 fully saturated rings. The highest BCUT2D eigenvalue weighted by molar-refractivity contribution is 7.89. The maximum absolute atomic E-state index is 12.4. The first-order chi connectivity index (χ1) is 9.96. The van der Waals surface area contributed by atoms with Gasteiger partial charge in [-0.2, -0.15) is 0 Å². The second-order valence-electron chi connectivity index (χ2n) is 4.32. The van der Waals surface area contributed by atoms with Gasteiger partial charge in [-0.3, -0.25) is 4.79 Å². The molecule has 1 amide bonds. The number of ether oxygens (including phenoxy) is 1. The van der Waals surface area contributed by atoms with Gasteiger partial charge in [-0.05, 0) is 36.4 Å². The number of hydrogen-bond donors (Lipinski definition) is 0. The number of carbonyl (C=O) groups is 1. The molecule has 0 saturated carbocycles. The summed E-state index contributed by atoms with van der Waals surface area (Å²) in [5.41, 5.74) is 0.317. The highest BCUT2D eigenvalue weighted by atomic mass is 32.2. The Morgan fingerprint density at radius 2 is 1.57 bits per heavy atom. The van der Waals surface area contributed by atoms with Gasteiger partial charge in [-0.25, -0.2) is 12.7 Å². The maximum Gasteiger partial charge on any atom is 0.267 e. The lowest BCUT2D eigenvalue weighted by molar-refractivity contribution is 0.0883. The molecule has 0 N–H and O–H groups in total. The second kappa shape index (κ2) is 5.97. The summed E-state index contributed by atoms with van der Waals surface area (Å²) in [7, 11) is -1.14. The molecule has 2 rings (SSSR count). The Morgan fingerprint density at radius 1 is 1.00 bits per heavy atom. The molecule has 110 valence electrons. The molecule has 2 aromatic rings. The van der Waals surface area contributed by atoms with Crippen LogP contribution in [0.4, 0.5) is 0 Å². The summed E-state index contributed by atoms with van der Waals surface area (Å²) < 4.78 is 30.5. The molecule has 0 aliphatic carbocycles. The third-order valence-corrected chi connectivity index (χ3v) is 4.78. The summed E-state index contributed by atoms with van der Waals surface area (Å²) in [5.74, 6) is -0.0302. The van der Waals surface area contributed by atoms with E-state index in [9.17, 15) is 13.2 Å². The van der Waals surface area contributed by atoms with Crippen molar-refractivity contribution in [1.82, 2.24) is 4.31 Å². The Hall–Kier alpha value is -2.34. The van der Waals surface area contributed by atoms with E-state index in [-0.39, 0.29) is 4.90 Å². The fourth-order valence-corrected chi connectivity index (χ4v) is 2.90. The molecular weight excluding hydrogens is 290 g/mol. The number of hydrogen-bond acceptors (Lipinski definition) is 4. The minimum atomic E-state index is -3.88. The molecular formula is C15H15NO4S. The Balaban J connectivity index is 2.32. The predicted octanol–water partition coefficient (Wildman–Crippen LogP) is 2.16. The van der Waals surface area contributed by atoms with E-state index in [1.807, 2.05) is 0 Å². The van der Waals surface area contributed by atoms with Crippen LogP contribution in [0.5, 0.6) is 5.75 Å². The van der Waals surface area contributed by atoms with Gasteiger partial charge in [-0.15, -0.1) is 0 Å². The first-order valence-corrected chi connectivity index (χ1v) is 7.63. The van der Waals surface area contributed by atoms with Crippen LogP contribution in [0.25, 0.3) is 0 Å². The molecule has 2 aromatic carbocycles. The van der Waals surface area contributed by atoms with Crippen LogP contribution in [0.3, 0.4) is 0 Å². The first-order valence-electron chi connectivity index (χ1n) is 6.19. The van der Waals surface area contributed by atoms with Crippen molar-refractivity contribution >= 4 is 15.9 Å². The van der Waals surface area contributed by atoms with Crippen molar-refractivity contribution in [3.05, 3.63) is 60.2 Å². The number of methoxy groups -OCH3 is 1. The van der Waals surface area contributed by atoms with E-state index in [2.05, 4.69) is 0 Å². The molecule has 0 heterocycles. The van der Waals surface area contributed by atoms with Gasteiger partial charge in [0.2, 0.25) is 0 Å². The predicted molar refractivity (Wildman–Crippen MR) is 78.7 cm³/mol. The highest BCUT2D eigenvalue weighted by Crippen LogP contribution is 2.20. The average molecular weight is 305 g/mol.